The molecule has 2 N–H and O–H groups in total. The SMILES string of the molecule is Cc1nc(N/N=C/c2ccc(Nc3cccc(C(C)(F)F)c3)cn2)nc2cc(-c3ccccc3)ccc12. The molecule has 2 heterocycles. The van der Waals surface area contributed by atoms with Crippen LogP contribution in [0.3, 0.4) is 0 Å². The largest absolute Gasteiger partial charge is 0.354 e. The Morgan fingerprint density at radius 2 is 1.68 bits per heavy atom. The van der Waals surface area contributed by atoms with Gasteiger partial charge in [-0.1, -0.05) is 54.6 Å². The van der Waals surface area contributed by atoms with Crippen LogP contribution in [0, 0.1) is 6.92 Å². The van der Waals surface area contributed by atoms with Crippen molar-refractivity contribution in [1.82, 2.24) is 15.0 Å². The van der Waals surface area contributed by atoms with Crippen molar-refractivity contribution in [1.29, 1.82) is 0 Å². The van der Waals surface area contributed by atoms with Crippen LogP contribution in [0.15, 0.2) is 96.2 Å². The Labute approximate surface area is 213 Å². The Hall–Kier alpha value is -4.72. The second-order valence-corrected chi connectivity index (χ2v) is 8.67. The van der Waals surface area contributed by atoms with E-state index in [0.717, 1.165) is 34.6 Å². The van der Waals surface area contributed by atoms with Crippen LogP contribution in [0.2, 0.25) is 0 Å². The van der Waals surface area contributed by atoms with Gasteiger partial charge in [0.2, 0.25) is 5.95 Å². The third-order valence-corrected chi connectivity index (χ3v) is 5.80. The minimum absolute atomic E-state index is 0.0530. The molecule has 0 aliphatic heterocycles. The van der Waals surface area contributed by atoms with Crippen LogP contribution < -0.4 is 10.7 Å². The number of hydrogen-bond donors (Lipinski definition) is 2. The highest BCUT2D eigenvalue weighted by molar-refractivity contribution is 5.86. The summed E-state index contributed by atoms with van der Waals surface area (Å²) in [5, 5.41) is 8.29. The summed E-state index contributed by atoms with van der Waals surface area (Å²) >= 11 is 0. The topological polar surface area (TPSA) is 75.1 Å². The number of anilines is 3. The summed E-state index contributed by atoms with van der Waals surface area (Å²) in [7, 11) is 0. The molecule has 5 aromatic rings. The van der Waals surface area contributed by atoms with Crippen molar-refractivity contribution >= 4 is 34.4 Å². The molecule has 0 saturated carbocycles. The van der Waals surface area contributed by atoms with Crippen LogP contribution in [0.1, 0.15) is 23.9 Å². The first-order valence-electron chi connectivity index (χ1n) is 11.7. The normalized spacial score (nSPS) is 11.7. The zero-order valence-corrected chi connectivity index (χ0v) is 20.3. The van der Waals surface area contributed by atoms with Crippen molar-refractivity contribution in [2.75, 3.05) is 10.7 Å². The Balaban J connectivity index is 1.27. The van der Waals surface area contributed by atoms with Crippen molar-refractivity contribution in [2.45, 2.75) is 19.8 Å². The van der Waals surface area contributed by atoms with Crippen molar-refractivity contribution < 1.29 is 8.78 Å². The summed E-state index contributed by atoms with van der Waals surface area (Å²) in [5.74, 6) is -2.52. The van der Waals surface area contributed by atoms with E-state index < -0.39 is 5.92 Å². The number of pyridine rings is 1. The number of aryl methyl sites for hydroxylation is 1. The molecule has 0 aliphatic carbocycles. The molecule has 0 bridgehead atoms. The van der Waals surface area contributed by atoms with Gasteiger partial charge in [0.25, 0.3) is 5.92 Å². The molecule has 0 saturated heterocycles. The molecule has 0 atom stereocenters. The zero-order chi connectivity index (χ0) is 25.8. The van der Waals surface area contributed by atoms with Gasteiger partial charge in [-0.05, 0) is 48.4 Å². The molecule has 5 rings (SSSR count). The highest BCUT2D eigenvalue weighted by atomic mass is 19.3. The number of fused-ring (bicyclic) bond motifs is 1. The summed E-state index contributed by atoms with van der Waals surface area (Å²) in [6.45, 7) is 2.81. The minimum atomic E-state index is -2.90. The molecule has 0 amide bonds. The van der Waals surface area contributed by atoms with Crippen molar-refractivity contribution in [3.63, 3.8) is 0 Å². The molecule has 0 spiro atoms. The molecule has 184 valence electrons. The third kappa shape index (κ3) is 5.75. The smallest absolute Gasteiger partial charge is 0.270 e. The summed E-state index contributed by atoms with van der Waals surface area (Å²) in [6.07, 6.45) is 3.17. The molecule has 37 heavy (non-hydrogen) atoms. The van der Waals surface area contributed by atoms with E-state index >= 15 is 0 Å². The number of nitrogens with zero attached hydrogens (tertiary/aromatic N) is 4. The average molecular weight is 495 g/mol. The first kappa shape index (κ1) is 24.0. The Morgan fingerprint density at radius 1 is 0.838 bits per heavy atom. The van der Waals surface area contributed by atoms with Gasteiger partial charge in [0.05, 0.1) is 35.0 Å². The quantitative estimate of drug-likeness (QED) is 0.183. The van der Waals surface area contributed by atoms with Crippen LogP contribution in [0.5, 0.6) is 0 Å². The predicted molar refractivity (Wildman–Crippen MR) is 144 cm³/mol. The van der Waals surface area contributed by atoms with Gasteiger partial charge in [-0.2, -0.15) is 5.10 Å². The van der Waals surface area contributed by atoms with Gasteiger partial charge in [-0.25, -0.2) is 24.2 Å². The maximum atomic E-state index is 13.6. The number of alkyl halides is 2. The molecule has 2 aromatic heterocycles. The fraction of sp³-hybridized carbons (Fsp3) is 0.103. The maximum Gasteiger partial charge on any atom is 0.270 e. The molecule has 0 fully saturated rings. The van der Waals surface area contributed by atoms with E-state index in [2.05, 4.69) is 49.0 Å². The maximum absolute atomic E-state index is 13.6. The van der Waals surface area contributed by atoms with Crippen LogP contribution in [-0.2, 0) is 5.92 Å². The van der Waals surface area contributed by atoms with Gasteiger partial charge in [0.15, 0.2) is 0 Å². The van der Waals surface area contributed by atoms with Gasteiger partial charge in [-0.3, -0.25) is 4.98 Å². The zero-order valence-electron chi connectivity index (χ0n) is 20.3. The number of aromatic nitrogens is 3. The van der Waals surface area contributed by atoms with Gasteiger partial charge in [0, 0.05) is 23.6 Å². The second-order valence-electron chi connectivity index (χ2n) is 8.67. The summed E-state index contributed by atoms with van der Waals surface area (Å²) in [4.78, 5) is 13.5. The number of nitrogens with one attached hydrogen (secondary N) is 2. The summed E-state index contributed by atoms with van der Waals surface area (Å²) in [5.41, 5.74) is 8.53. The number of benzene rings is 3. The van der Waals surface area contributed by atoms with Gasteiger partial charge in [-0.15, -0.1) is 0 Å². The van der Waals surface area contributed by atoms with Gasteiger partial charge < -0.3 is 5.32 Å². The molecular formula is C29H24F2N6. The number of halogens is 2. The number of rotatable bonds is 7. The molecule has 8 heteroatoms. The minimum Gasteiger partial charge on any atom is -0.354 e. The molecule has 0 aliphatic rings. The highest BCUT2D eigenvalue weighted by Gasteiger charge is 2.24. The van der Waals surface area contributed by atoms with E-state index in [9.17, 15) is 8.78 Å². The second kappa shape index (κ2) is 10.1. The van der Waals surface area contributed by atoms with Crippen LogP contribution in [0.4, 0.5) is 26.1 Å². The number of hydrazone groups is 1. The van der Waals surface area contributed by atoms with E-state index in [0.29, 0.717) is 23.0 Å². The summed E-state index contributed by atoms with van der Waals surface area (Å²) < 4.78 is 27.2. The number of hydrogen-bond acceptors (Lipinski definition) is 6. The van der Waals surface area contributed by atoms with E-state index in [-0.39, 0.29) is 5.56 Å². The van der Waals surface area contributed by atoms with Crippen LogP contribution in [-0.4, -0.2) is 21.2 Å². The first-order valence-corrected chi connectivity index (χ1v) is 11.7. The Morgan fingerprint density at radius 3 is 2.43 bits per heavy atom. The lowest BCUT2D eigenvalue weighted by molar-refractivity contribution is 0.0175. The lowest BCUT2D eigenvalue weighted by atomic mass is 10.0. The Bertz CT molecular complexity index is 1560. The van der Waals surface area contributed by atoms with Crippen molar-refractivity contribution in [3.8, 4) is 11.1 Å². The van der Waals surface area contributed by atoms with E-state index in [4.69, 9.17) is 0 Å². The molecular weight excluding hydrogens is 470 g/mol. The fourth-order valence-corrected chi connectivity index (χ4v) is 3.90. The van der Waals surface area contributed by atoms with E-state index in [1.165, 1.54) is 12.1 Å². The average Bonchev–Trinajstić information content (AvgIpc) is 2.90. The van der Waals surface area contributed by atoms with Crippen LogP contribution in [0.25, 0.3) is 22.0 Å². The third-order valence-electron chi connectivity index (χ3n) is 5.80. The highest BCUT2D eigenvalue weighted by Crippen LogP contribution is 2.29. The summed E-state index contributed by atoms with van der Waals surface area (Å²) in [6, 6.07) is 26.0. The standard InChI is InChI=1S/C29H24F2N6/c1-19-26-14-11-21(20-7-4-3-5-8-20)15-27(26)36-28(34-19)37-33-18-24-12-13-25(17-32-24)35-23-10-6-9-22(16-23)29(2,30)31/h3-18,35H,1-2H3,(H,34,36,37)/b33-18+. The predicted octanol–water partition coefficient (Wildman–Crippen LogP) is 7.30. The molecule has 6 nitrogen and oxygen atoms in total. The fourth-order valence-electron chi connectivity index (χ4n) is 3.90. The van der Waals surface area contributed by atoms with E-state index in [1.54, 1.807) is 36.7 Å². The van der Waals surface area contributed by atoms with Gasteiger partial charge in [0.1, 0.15) is 0 Å². The van der Waals surface area contributed by atoms with Crippen molar-refractivity contribution in [3.05, 3.63) is 108 Å². The lowest BCUT2D eigenvalue weighted by Crippen LogP contribution is -2.07. The lowest BCUT2D eigenvalue weighted by Gasteiger charge is -2.13. The van der Waals surface area contributed by atoms with Crippen molar-refractivity contribution in [2.24, 2.45) is 5.10 Å². The Kier molecular flexibility index (Phi) is 6.55. The molecule has 0 radical (unpaired) electrons. The molecule has 0 unspecified atom stereocenters. The monoisotopic (exact) mass is 494 g/mol. The van der Waals surface area contributed by atoms with Crippen LogP contribution >= 0.6 is 0 Å². The first-order chi connectivity index (χ1) is 17.8. The van der Waals surface area contributed by atoms with E-state index in [1.807, 2.05) is 37.3 Å². The molecule has 3 aromatic carbocycles. The van der Waals surface area contributed by atoms with Gasteiger partial charge >= 0.3 is 0 Å².